The summed E-state index contributed by atoms with van der Waals surface area (Å²) in [5, 5.41) is 3.10. The van der Waals surface area contributed by atoms with Crippen LogP contribution in [0, 0.1) is 0 Å². The molecule has 0 heterocycles. The molecule has 3 nitrogen and oxygen atoms in total. The van der Waals surface area contributed by atoms with Crippen molar-refractivity contribution in [2.45, 2.75) is 58.0 Å². The number of alkyl halides is 3. The smallest absolute Gasteiger partial charge is 0.389 e. The number of unbranched alkanes of at least 4 members (excludes halogenated alkanes) is 3. The fourth-order valence-electron chi connectivity index (χ4n) is 1.63. The molecule has 0 aliphatic carbocycles. The van der Waals surface area contributed by atoms with Gasteiger partial charge in [-0.3, -0.25) is 4.79 Å². The normalized spacial score (nSPS) is 11.6. The van der Waals surface area contributed by atoms with Crippen molar-refractivity contribution < 1.29 is 22.7 Å². The molecule has 1 N–H and O–H groups in total. The maximum atomic E-state index is 11.8. The molecule has 0 atom stereocenters. The molecule has 6 heteroatoms. The molecule has 0 radical (unpaired) electrons. The first kappa shape index (κ1) is 18.2. The van der Waals surface area contributed by atoms with Crippen molar-refractivity contribution in [2.75, 3.05) is 19.7 Å². The molecule has 114 valence electrons. The summed E-state index contributed by atoms with van der Waals surface area (Å²) in [5.41, 5.74) is 0. The van der Waals surface area contributed by atoms with Crippen LogP contribution < -0.4 is 5.32 Å². The summed E-state index contributed by atoms with van der Waals surface area (Å²) in [7, 11) is 0. The van der Waals surface area contributed by atoms with Crippen molar-refractivity contribution in [1.29, 1.82) is 0 Å². The molecule has 0 bridgehead atoms. The van der Waals surface area contributed by atoms with Gasteiger partial charge in [0.15, 0.2) is 0 Å². The summed E-state index contributed by atoms with van der Waals surface area (Å²) in [4.78, 5) is 11.0. The SMILES string of the molecule is CCOC(=O)CCCCCNCCCCC(F)(F)F. The van der Waals surface area contributed by atoms with Crippen LogP contribution >= 0.6 is 0 Å². The van der Waals surface area contributed by atoms with Crippen LogP contribution in [0.1, 0.15) is 51.9 Å². The maximum Gasteiger partial charge on any atom is 0.389 e. The molecule has 0 spiro atoms. The molecule has 0 aromatic rings. The van der Waals surface area contributed by atoms with Crippen LogP contribution in [-0.4, -0.2) is 31.8 Å². The molecular formula is C13H24F3NO2. The van der Waals surface area contributed by atoms with E-state index in [0.717, 1.165) is 25.8 Å². The number of rotatable bonds is 11. The molecule has 0 amide bonds. The lowest BCUT2D eigenvalue weighted by Gasteiger charge is -2.07. The van der Waals surface area contributed by atoms with Gasteiger partial charge in [0.2, 0.25) is 0 Å². The lowest BCUT2D eigenvalue weighted by molar-refractivity contribution is -0.143. The molecule has 0 aliphatic rings. The lowest BCUT2D eigenvalue weighted by atomic mass is 10.2. The molecule has 0 saturated heterocycles. The Morgan fingerprint density at radius 3 is 2.26 bits per heavy atom. The van der Waals surface area contributed by atoms with Crippen LogP contribution in [-0.2, 0) is 9.53 Å². The van der Waals surface area contributed by atoms with Gasteiger partial charge in [-0.15, -0.1) is 0 Å². The molecular weight excluding hydrogens is 259 g/mol. The molecule has 0 rings (SSSR count). The van der Waals surface area contributed by atoms with Gasteiger partial charge in [0.25, 0.3) is 0 Å². The first-order chi connectivity index (χ1) is 8.95. The fourth-order valence-corrected chi connectivity index (χ4v) is 1.63. The Bertz CT molecular complexity index is 232. The van der Waals surface area contributed by atoms with Crippen LogP contribution in [0.5, 0.6) is 0 Å². The highest BCUT2D eigenvalue weighted by atomic mass is 19.4. The summed E-state index contributed by atoms with van der Waals surface area (Å²) >= 11 is 0. The van der Waals surface area contributed by atoms with E-state index in [1.165, 1.54) is 0 Å². The number of carbonyl (C=O) groups is 1. The second-order valence-corrected chi connectivity index (χ2v) is 4.44. The summed E-state index contributed by atoms with van der Waals surface area (Å²) < 4.78 is 40.3. The van der Waals surface area contributed by atoms with E-state index < -0.39 is 12.6 Å². The third-order valence-electron chi connectivity index (χ3n) is 2.60. The quantitative estimate of drug-likeness (QED) is 0.466. The second-order valence-electron chi connectivity index (χ2n) is 4.44. The van der Waals surface area contributed by atoms with Gasteiger partial charge >= 0.3 is 12.1 Å². The third-order valence-corrected chi connectivity index (χ3v) is 2.60. The summed E-state index contributed by atoms with van der Waals surface area (Å²) in [6.07, 6.45) is -0.913. The summed E-state index contributed by atoms with van der Waals surface area (Å²) in [6, 6.07) is 0. The molecule has 0 aliphatic heterocycles. The Hall–Kier alpha value is -0.780. The summed E-state index contributed by atoms with van der Waals surface area (Å²) in [5.74, 6) is -0.164. The first-order valence-corrected chi connectivity index (χ1v) is 6.89. The van der Waals surface area contributed by atoms with Gasteiger partial charge < -0.3 is 10.1 Å². The lowest BCUT2D eigenvalue weighted by Crippen LogP contribution is -2.17. The number of ether oxygens (including phenoxy) is 1. The van der Waals surface area contributed by atoms with Gasteiger partial charge in [0.1, 0.15) is 0 Å². The Morgan fingerprint density at radius 1 is 1.05 bits per heavy atom. The van der Waals surface area contributed by atoms with Crippen LogP contribution in [0.25, 0.3) is 0 Å². The standard InChI is InChI=1S/C13H24F3NO2/c1-2-19-12(18)8-4-3-6-10-17-11-7-5-9-13(14,15)16/h17H,2-11H2,1H3. The topological polar surface area (TPSA) is 38.3 Å². The predicted molar refractivity (Wildman–Crippen MR) is 67.9 cm³/mol. The highest BCUT2D eigenvalue weighted by Gasteiger charge is 2.25. The fraction of sp³-hybridized carbons (Fsp3) is 0.923. The molecule has 0 aromatic carbocycles. The van der Waals surface area contributed by atoms with Gasteiger partial charge in [-0.2, -0.15) is 13.2 Å². The monoisotopic (exact) mass is 283 g/mol. The second kappa shape index (κ2) is 11.1. The average Bonchev–Trinajstić information content (AvgIpc) is 2.30. The Morgan fingerprint density at radius 2 is 1.68 bits per heavy atom. The van der Waals surface area contributed by atoms with E-state index >= 15 is 0 Å². The first-order valence-electron chi connectivity index (χ1n) is 6.89. The Kier molecular flexibility index (Phi) is 10.6. The van der Waals surface area contributed by atoms with Crippen LogP contribution in [0.15, 0.2) is 0 Å². The highest BCUT2D eigenvalue weighted by Crippen LogP contribution is 2.21. The van der Waals surface area contributed by atoms with E-state index in [1.807, 2.05) is 0 Å². The minimum Gasteiger partial charge on any atom is -0.466 e. The van der Waals surface area contributed by atoms with E-state index in [1.54, 1.807) is 6.92 Å². The highest BCUT2D eigenvalue weighted by molar-refractivity contribution is 5.69. The maximum absolute atomic E-state index is 11.8. The van der Waals surface area contributed by atoms with Crippen molar-refractivity contribution >= 4 is 5.97 Å². The van der Waals surface area contributed by atoms with Crippen molar-refractivity contribution in [2.24, 2.45) is 0 Å². The van der Waals surface area contributed by atoms with Gasteiger partial charge in [0, 0.05) is 12.8 Å². The molecule has 0 fully saturated rings. The minimum absolute atomic E-state index is 0.164. The van der Waals surface area contributed by atoms with E-state index in [2.05, 4.69) is 5.32 Å². The Labute approximate surface area is 112 Å². The van der Waals surface area contributed by atoms with Gasteiger partial charge in [-0.1, -0.05) is 6.42 Å². The third kappa shape index (κ3) is 15.2. The number of carbonyl (C=O) groups excluding carboxylic acids is 1. The number of hydrogen-bond donors (Lipinski definition) is 1. The van der Waals surface area contributed by atoms with Crippen LogP contribution in [0.2, 0.25) is 0 Å². The number of hydrogen-bond acceptors (Lipinski definition) is 3. The van der Waals surface area contributed by atoms with Crippen molar-refractivity contribution in [3.63, 3.8) is 0 Å². The van der Waals surface area contributed by atoms with Crippen LogP contribution in [0.4, 0.5) is 13.2 Å². The molecule has 0 aromatic heterocycles. The molecule has 0 saturated carbocycles. The van der Waals surface area contributed by atoms with E-state index in [-0.39, 0.29) is 12.4 Å². The van der Waals surface area contributed by atoms with Crippen molar-refractivity contribution in [3.05, 3.63) is 0 Å². The number of halogens is 3. The molecule has 19 heavy (non-hydrogen) atoms. The van der Waals surface area contributed by atoms with Gasteiger partial charge in [-0.05, 0) is 45.7 Å². The number of nitrogens with one attached hydrogen (secondary N) is 1. The zero-order chi connectivity index (χ0) is 14.6. The average molecular weight is 283 g/mol. The van der Waals surface area contributed by atoms with Gasteiger partial charge in [0.05, 0.1) is 6.61 Å². The predicted octanol–water partition coefficient (Wildman–Crippen LogP) is 3.43. The minimum atomic E-state index is -4.03. The zero-order valence-corrected chi connectivity index (χ0v) is 11.5. The zero-order valence-electron chi connectivity index (χ0n) is 11.5. The van der Waals surface area contributed by atoms with Crippen molar-refractivity contribution in [3.8, 4) is 0 Å². The van der Waals surface area contributed by atoms with E-state index in [9.17, 15) is 18.0 Å². The Balaban J connectivity index is 3.13. The van der Waals surface area contributed by atoms with Crippen molar-refractivity contribution in [1.82, 2.24) is 5.32 Å². The van der Waals surface area contributed by atoms with Gasteiger partial charge in [-0.25, -0.2) is 0 Å². The largest absolute Gasteiger partial charge is 0.466 e. The van der Waals surface area contributed by atoms with Crippen LogP contribution in [0.3, 0.4) is 0 Å². The van der Waals surface area contributed by atoms with E-state index in [0.29, 0.717) is 26.0 Å². The van der Waals surface area contributed by atoms with E-state index in [4.69, 9.17) is 4.74 Å². The molecule has 0 unspecified atom stereocenters. The number of esters is 1. The summed E-state index contributed by atoms with van der Waals surface area (Å²) in [6.45, 7) is 3.60.